The predicted molar refractivity (Wildman–Crippen MR) is 113 cm³/mol. The Morgan fingerprint density at radius 3 is 2.68 bits per heavy atom. The number of nitrogens with zero attached hydrogens (tertiary/aromatic N) is 2. The molecule has 0 radical (unpaired) electrons. The van der Waals surface area contributed by atoms with Crippen LogP contribution in [0.15, 0.2) is 52.1 Å². The van der Waals surface area contributed by atoms with E-state index in [1.807, 2.05) is 24.3 Å². The lowest BCUT2D eigenvalue weighted by atomic mass is 10.0. The largest absolute Gasteiger partial charge is 0.467 e. The molecule has 152 valence electrons. The first-order chi connectivity index (χ1) is 13.5. The molecule has 0 aliphatic carbocycles. The van der Waals surface area contributed by atoms with Gasteiger partial charge in [0.1, 0.15) is 5.76 Å². The molecule has 3 rings (SSSR count). The lowest BCUT2D eigenvalue weighted by Crippen LogP contribution is -2.52. The van der Waals surface area contributed by atoms with Gasteiger partial charge in [-0.2, -0.15) is 0 Å². The topological polar surface area (TPSA) is 62.0 Å². The van der Waals surface area contributed by atoms with E-state index in [0.29, 0.717) is 6.54 Å². The maximum atomic E-state index is 6.10. The summed E-state index contributed by atoms with van der Waals surface area (Å²) in [6.07, 6.45) is 1.67. The van der Waals surface area contributed by atoms with Gasteiger partial charge in [-0.15, -0.1) is 0 Å². The minimum Gasteiger partial charge on any atom is -0.467 e. The van der Waals surface area contributed by atoms with Crippen LogP contribution in [0.2, 0.25) is 5.02 Å². The second-order valence-electron chi connectivity index (χ2n) is 7.53. The number of furan rings is 1. The van der Waals surface area contributed by atoms with Gasteiger partial charge in [0.15, 0.2) is 5.96 Å². The Morgan fingerprint density at radius 2 is 2.04 bits per heavy atom. The lowest BCUT2D eigenvalue weighted by molar-refractivity contribution is -0.0971. The number of nitrogens with one attached hydrogen (secondary N) is 2. The molecule has 7 heteroatoms. The van der Waals surface area contributed by atoms with Crippen molar-refractivity contribution in [2.75, 3.05) is 33.3 Å². The molecular weight excluding hydrogens is 376 g/mol. The third kappa shape index (κ3) is 5.74. The summed E-state index contributed by atoms with van der Waals surface area (Å²) in [6.45, 7) is 8.04. The molecule has 1 unspecified atom stereocenters. The normalized spacial score (nSPS) is 18.6. The van der Waals surface area contributed by atoms with Crippen molar-refractivity contribution < 1.29 is 9.15 Å². The maximum Gasteiger partial charge on any atom is 0.191 e. The van der Waals surface area contributed by atoms with Gasteiger partial charge in [0.2, 0.25) is 0 Å². The van der Waals surface area contributed by atoms with Crippen LogP contribution < -0.4 is 10.6 Å². The van der Waals surface area contributed by atoms with E-state index in [2.05, 4.69) is 46.5 Å². The Hall–Kier alpha value is -2.02. The molecule has 0 amide bonds. The predicted octanol–water partition coefficient (Wildman–Crippen LogP) is 3.45. The molecule has 1 aromatic carbocycles. The van der Waals surface area contributed by atoms with Crippen LogP contribution in [0.4, 0.5) is 0 Å². The second-order valence-corrected chi connectivity index (χ2v) is 7.97. The van der Waals surface area contributed by atoms with Crippen molar-refractivity contribution in [3.63, 3.8) is 0 Å². The third-order valence-electron chi connectivity index (χ3n) is 4.85. The quantitative estimate of drug-likeness (QED) is 0.570. The molecule has 1 aromatic heterocycles. The van der Waals surface area contributed by atoms with E-state index in [-0.39, 0.29) is 11.6 Å². The Kier molecular flexibility index (Phi) is 6.99. The molecule has 6 nitrogen and oxygen atoms in total. The second kappa shape index (κ2) is 9.45. The van der Waals surface area contributed by atoms with Crippen molar-refractivity contribution >= 4 is 17.6 Å². The molecule has 28 heavy (non-hydrogen) atoms. The molecule has 0 bridgehead atoms. The number of ether oxygens (including phenoxy) is 1. The zero-order valence-corrected chi connectivity index (χ0v) is 17.5. The van der Waals surface area contributed by atoms with Crippen molar-refractivity contribution in [3.05, 3.63) is 59.0 Å². The van der Waals surface area contributed by atoms with Crippen molar-refractivity contribution in [2.45, 2.75) is 32.0 Å². The zero-order chi connectivity index (χ0) is 20.0. The van der Waals surface area contributed by atoms with Crippen LogP contribution in [0.3, 0.4) is 0 Å². The summed E-state index contributed by atoms with van der Waals surface area (Å²) >= 11 is 6.10. The van der Waals surface area contributed by atoms with Gasteiger partial charge >= 0.3 is 0 Å². The van der Waals surface area contributed by atoms with Crippen molar-refractivity contribution in [2.24, 2.45) is 4.99 Å². The summed E-state index contributed by atoms with van der Waals surface area (Å²) in [5.74, 6) is 1.61. The number of hydrogen-bond acceptors (Lipinski definition) is 4. The summed E-state index contributed by atoms with van der Waals surface area (Å²) in [4.78, 5) is 6.79. The van der Waals surface area contributed by atoms with E-state index >= 15 is 0 Å². The number of morpholine rings is 1. The van der Waals surface area contributed by atoms with Gasteiger partial charge in [0.25, 0.3) is 0 Å². The van der Waals surface area contributed by atoms with Crippen LogP contribution in [0.25, 0.3) is 0 Å². The molecule has 0 saturated carbocycles. The average molecular weight is 405 g/mol. The summed E-state index contributed by atoms with van der Waals surface area (Å²) in [5, 5.41) is 7.48. The van der Waals surface area contributed by atoms with E-state index in [1.54, 1.807) is 13.3 Å². The number of hydrogen-bond donors (Lipinski definition) is 2. The molecule has 1 fully saturated rings. The van der Waals surface area contributed by atoms with E-state index in [4.69, 9.17) is 20.8 Å². The van der Waals surface area contributed by atoms with E-state index < -0.39 is 0 Å². The fourth-order valence-corrected chi connectivity index (χ4v) is 3.59. The first-order valence-corrected chi connectivity index (χ1v) is 9.95. The highest BCUT2D eigenvalue weighted by Crippen LogP contribution is 2.27. The Morgan fingerprint density at radius 1 is 1.25 bits per heavy atom. The Balaban J connectivity index is 1.68. The maximum absolute atomic E-state index is 6.10. The highest BCUT2D eigenvalue weighted by atomic mass is 35.5. The van der Waals surface area contributed by atoms with Crippen LogP contribution in [0.5, 0.6) is 0 Å². The molecule has 1 atom stereocenters. The van der Waals surface area contributed by atoms with Crippen LogP contribution >= 0.6 is 11.6 Å². The van der Waals surface area contributed by atoms with Crippen molar-refractivity contribution in [1.82, 2.24) is 15.5 Å². The number of rotatable bonds is 6. The summed E-state index contributed by atoms with van der Waals surface area (Å²) in [7, 11) is 1.77. The van der Waals surface area contributed by atoms with E-state index in [9.17, 15) is 0 Å². The van der Waals surface area contributed by atoms with Gasteiger partial charge in [0, 0.05) is 31.7 Å². The zero-order valence-electron chi connectivity index (χ0n) is 16.7. The SMILES string of the molecule is CN=C(NCc1ccco1)NCC(c1ccc(Cl)cc1)N1CCOC(C)(C)C1. The highest BCUT2D eigenvalue weighted by Gasteiger charge is 2.32. The molecule has 1 aliphatic rings. The fourth-order valence-electron chi connectivity index (χ4n) is 3.46. The minimum absolute atomic E-state index is 0.165. The molecule has 2 heterocycles. The molecule has 1 aliphatic heterocycles. The van der Waals surface area contributed by atoms with Crippen LogP contribution in [0.1, 0.15) is 31.2 Å². The summed E-state index contributed by atoms with van der Waals surface area (Å²) in [6, 6.07) is 12.1. The molecule has 1 saturated heterocycles. The first kappa shape index (κ1) is 20.7. The standard InChI is InChI=1S/C21H29ClN4O2/c1-21(2)15-26(10-12-28-21)19(16-6-8-17(22)9-7-16)14-25-20(23-3)24-13-18-5-4-11-27-18/h4-9,11,19H,10,12-15H2,1-3H3,(H2,23,24,25). The van der Waals surface area contributed by atoms with Gasteiger partial charge in [-0.05, 0) is 43.7 Å². The smallest absolute Gasteiger partial charge is 0.191 e. The summed E-state index contributed by atoms with van der Waals surface area (Å²) < 4.78 is 11.3. The Labute approximate surface area is 171 Å². The molecule has 0 spiro atoms. The van der Waals surface area contributed by atoms with Gasteiger partial charge in [0.05, 0.1) is 31.1 Å². The van der Waals surface area contributed by atoms with Crippen LogP contribution in [-0.2, 0) is 11.3 Å². The molecule has 2 aromatic rings. The summed E-state index contributed by atoms with van der Waals surface area (Å²) in [5.41, 5.74) is 1.05. The van der Waals surface area contributed by atoms with Crippen LogP contribution in [-0.4, -0.2) is 49.7 Å². The van der Waals surface area contributed by atoms with Crippen molar-refractivity contribution in [3.8, 4) is 0 Å². The number of benzene rings is 1. The third-order valence-corrected chi connectivity index (χ3v) is 5.10. The van der Waals surface area contributed by atoms with Crippen molar-refractivity contribution in [1.29, 1.82) is 0 Å². The molecular formula is C21H29ClN4O2. The van der Waals surface area contributed by atoms with Gasteiger partial charge in [-0.25, -0.2) is 0 Å². The lowest BCUT2D eigenvalue weighted by Gasteiger charge is -2.42. The van der Waals surface area contributed by atoms with Gasteiger partial charge in [-0.1, -0.05) is 23.7 Å². The molecule has 2 N–H and O–H groups in total. The number of aliphatic imine (C=N–C) groups is 1. The minimum atomic E-state index is -0.165. The number of guanidine groups is 1. The number of halogens is 1. The average Bonchev–Trinajstić information content (AvgIpc) is 3.18. The first-order valence-electron chi connectivity index (χ1n) is 9.57. The van der Waals surface area contributed by atoms with E-state index in [1.165, 1.54) is 5.56 Å². The monoisotopic (exact) mass is 404 g/mol. The van der Waals surface area contributed by atoms with Gasteiger partial charge < -0.3 is 19.8 Å². The highest BCUT2D eigenvalue weighted by molar-refractivity contribution is 6.30. The van der Waals surface area contributed by atoms with Gasteiger partial charge in [-0.3, -0.25) is 9.89 Å². The Bertz CT molecular complexity index is 759. The van der Waals surface area contributed by atoms with E-state index in [0.717, 1.165) is 43.0 Å². The fraction of sp³-hybridized carbons (Fsp3) is 0.476. The van der Waals surface area contributed by atoms with Crippen LogP contribution in [0, 0.1) is 0 Å².